The highest BCUT2D eigenvalue weighted by Gasteiger charge is 2.02. The summed E-state index contributed by atoms with van der Waals surface area (Å²) >= 11 is 0. The lowest BCUT2D eigenvalue weighted by Gasteiger charge is -2.15. The van der Waals surface area contributed by atoms with E-state index in [9.17, 15) is 0 Å². The van der Waals surface area contributed by atoms with Crippen molar-refractivity contribution in [2.75, 3.05) is 11.5 Å². The Kier molecular flexibility index (Phi) is 2.52. The largest absolute Gasteiger partial charge is 0.185 e. The zero-order valence-electron chi connectivity index (χ0n) is 6.18. The summed E-state index contributed by atoms with van der Waals surface area (Å²) in [5.74, 6) is 2.78. The minimum absolute atomic E-state index is 0.680. The molecular formula is C8H14S. The van der Waals surface area contributed by atoms with Gasteiger partial charge in [0.05, 0.1) is 0 Å². The number of hydrogen-bond donors (Lipinski definition) is 0. The number of allylic oxidation sites excluding steroid dienone is 1. The van der Waals surface area contributed by atoms with Gasteiger partial charge in [0.1, 0.15) is 0 Å². The number of rotatable bonds is 2. The van der Waals surface area contributed by atoms with Gasteiger partial charge in [-0.25, -0.2) is 0 Å². The standard InChI is InChI=1S/C8H14S/c1-3-8(2)7-9-5-4-6-9/h3,5H,4,6-7H2,1-2H3. The van der Waals surface area contributed by atoms with Crippen molar-refractivity contribution in [3.63, 3.8) is 0 Å². The van der Waals surface area contributed by atoms with Crippen molar-refractivity contribution < 1.29 is 0 Å². The summed E-state index contributed by atoms with van der Waals surface area (Å²) in [7, 11) is 0.680. The molecule has 0 amide bonds. The zero-order chi connectivity index (χ0) is 6.69. The Balaban J connectivity index is 2.33. The molecule has 52 valence electrons. The molecular weight excluding hydrogens is 128 g/mol. The van der Waals surface area contributed by atoms with Gasteiger partial charge in [-0.1, -0.05) is 17.0 Å². The molecule has 0 N–H and O–H groups in total. The molecule has 0 aromatic heterocycles. The van der Waals surface area contributed by atoms with Crippen LogP contribution in [0.25, 0.3) is 0 Å². The Morgan fingerprint density at radius 3 is 2.78 bits per heavy atom. The van der Waals surface area contributed by atoms with Crippen LogP contribution in [0, 0.1) is 0 Å². The van der Waals surface area contributed by atoms with E-state index >= 15 is 0 Å². The first-order valence-corrected chi connectivity index (χ1v) is 5.07. The van der Waals surface area contributed by atoms with E-state index in [1.165, 1.54) is 17.9 Å². The van der Waals surface area contributed by atoms with Gasteiger partial charge >= 0.3 is 0 Å². The van der Waals surface area contributed by atoms with Crippen LogP contribution in [0.5, 0.6) is 0 Å². The van der Waals surface area contributed by atoms with Gasteiger partial charge in [-0.15, -0.1) is 0 Å². The molecule has 1 unspecified atom stereocenters. The Bertz CT molecular complexity index is 148. The van der Waals surface area contributed by atoms with Gasteiger partial charge in [-0.2, -0.15) is 10.5 Å². The van der Waals surface area contributed by atoms with Crippen molar-refractivity contribution >= 4 is 15.9 Å². The van der Waals surface area contributed by atoms with E-state index in [1.54, 1.807) is 5.57 Å². The Morgan fingerprint density at radius 1 is 1.78 bits per heavy atom. The van der Waals surface area contributed by atoms with Crippen LogP contribution in [0.3, 0.4) is 0 Å². The van der Waals surface area contributed by atoms with Crippen LogP contribution in [-0.4, -0.2) is 16.9 Å². The first-order chi connectivity index (χ1) is 4.33. The van der Waals surface area contributed by atoms with E-state index in [4.69, 9.17) is 0 Å². The minimum atomic E-state index is 0.680. The van der Waals surface area contributed by atoms with Crippen molar-refractivity contribution in [2.24, 2.45) is 0 Å². The van der Waals surface area contributed by atoms with E-state index in [-0.39, 0.29) is 0 Å². The number of hydrogen-bond acceptors (Lipinski definition) is 0. The van der Waals surface area contributed by atoms with Crippen molar-refractivity contribution in [1.29, 1.82) is 0 Å². The first-order valence-electron chi connectivity index (χ1n) is 3.44. The van der Waals surface area contributed by atoms with Gasteiger partial charge in [-0.05, 0) is 26.0 Å². The fourth-order valence-corrected chi connectivity index (χ4v) is 2.37. The zero-order valence-corrected chi connectivity index (χ0v) is 7.00. The first kappa shape index (κ1) is 7.07. The Hall–Kier alpha value is -0.0400. The average molecular weight is 142 g/mol. The topological polar surface area (TPSA) is 0 Å². The molecule has 0 saturated heterocycles. The highest BCUT2D eigenvalue weighted by molar-refractivity contribution is 8.16. The lowest BCUT2D eigenvalue weighted by atomic mass is 10.3. The van der Waals surface area contributed by atoms with Gasteiger partial charge < -0.3 is 0 Å². The van der Waals surface area contributed by atoms with E-state index in [0.717, 1.165) is 0 Å². The smallest absolute Gasteiger partial charge is 0.00875 e. The lowest BCUT2D eigenvalue weighted by molar-refractivity contribution is 1.31. The molecule has 0 nitrogen and oxygen atoms in total. The molecule has 0 bridgehead atoms. The van der Waals surface area contributed by atoms with Crippen LogP contribution in [0.4, 0.5) is 0 Å². The maximum absolute atomic E-state index is 2.45. The molecule has 1 aliphatic heterocycles. The van der Waals surface area contributed by atoms with Crippen molar-refractivity contribution in [2.45, 2.75) is 20.3 Å². The molecule has 0 spiro atoms. The van der Waals surface area contributed by atoms with Crippen LogP contribution >= 0.6 is 10.5 Å². The monoisotopic (exact) mass is 142 g/mol. The van der Waals surface area contributed by atoms with E-state index < -0.39 is 0 Å². The summed E-state index contributed by atoms with van der Waals surface area (Å²) in [4.78, 5) is 0. The van der Waals surface area contributed by atoms with Gasteiger partial charge in [-0.3, -0.25) is 0 Å². The fourth-order valence-electron chi connectivity index (χ4n) is 0.791. The van der Waals surface area contributed by atoms with Crippen molar-refractivity contribution in [1.82, 2.24) is 0 Å². The Labute approximate surface area is 59.9 Å². The normalized spacial score (nSPS) is 26.9. The van der Waals surface area contributed by atoms with E-state index in [2.05, 4.69) is 25.3 Å². The lowest BCUT2D eigenvalue weighted by Crippen LogP contribution is -2.01. The second kappa shape index (κ2) is 3.21. The quantitative estimate of drug-likeness (QED) is 0.410. The Morgan fingerprint density at radius 2 is 2.44 bits per heavy atom. The van der Waals surface area contributed by atoms with E-state index in [1.807, 2.05) is 0 Å². The van der Waals surface area contributed by atoms with Crippen LogP contribution in [-0.2, 0) is 0 Å². The summed E-state index contributed by atoms with van der Waals surface area (Å²) < 4.78 is 0. The van der Waals surface area contributed by atoms with Gasteiger partial charge in [0.25, 0.3) is 0 Å². The third-order valence-electron chi connectivity index (χ3n) is 1.64. The molecule has 1 aliphatic rings. The van der Waals surface area contributed by atoms with Crippen molar-refractivity contribution in [3.8, 4) is 0 Å². The third-order valence-corrected chi connectivity index (χ3v) is 3.93. The molecule has 1 heterocycles. The summed E-state index contributed by atoms with van der Waals surface area (Å²) in [6, 6.07) is 0. The molecule has 0 aliphatic carbocycles. The van der Waals surface area contributed by atoms with E-state index in [0.29, 0.717) is 10.5 Å². The predicted molar refractivity (Wildman–Crippen MR) is 47.4 cm³/mol. The summed E-state index contributed by atoms with van der Waals surface area (Å²) in [5.41, 5.74) is 1.55. The summed E-state index contributed by atoms with van der Waals surface area (Å²) in [5, 5.41) is 2.45. The van der Waals surface area contributed by atoms with Crippen LogP contribution < -0.4 is 0 Å². The van der Waals surface area contributed by atoms with Crippen LogP contribution in [0.15, 0.2) is 11.6 Å². The highest BCUT2D eigenvalue weighted by Crippen LogP contribution is 2.24. The molecule has 0 saturated carbocycles. The van der Waals surface area contributed by atoms with Gasteiger partial charge in [0.2, 0.25) is 0 Å². The molecule has 0 aromatic carbocycles. The second-order valence-corrected chi connectivity index (χ2v) is 4.58. The molecule has 0 radical (unpaired) electrons. The average Bonchev–Trinajstić information content (AvgIpc) is 1.78. The molecule has 1 heteroatoms. The molecule has 9 heavy (non-hydrogen) atoms. The molecule has 0 aromatic rings. The molecule has 1 rings (SSSR count). The van der Waals surface area contributed by atoms with Crippen molar-refractivity contribution in [3.05, 3.63) is 11.6 Å². The van der Waals surface area contributed by atoms with Crippen LogP contribution in [0.2, 0.25) is 0 Å². The second-order valence-electron chi connectivity index (χ2n) is 2.48. The minimum Gasteiger partial charge on any atom is -0.185 e. The molecule has 0 fully saturated rings. The third kappa shape index (κ3) is 1.98. The fraction of sp³-hybridized carbons (Fsp3) is 0.625. The summed E-state index contributed by atoms with van der Waals surface area (Å²) in [6.07, 6.45) is 3.58. The molecule has 1 atom stereocenters. The maximum Gasteiger partial charge on any atom is 0.00875 e. The highest BCUT2D eigenvalue weighted by atomic mass is 32.2. The van der Waals surface area contributed by atoms with Gasteiger partial charge in [0.15, 0.2) is 0 Å². The maximum atomic E-state index is 2.45. The van der Waals surface area contributed by atoms with Crippen LogP contribution in [0.1, 0.15) is 20.3 Å². The SMILES string of the molecule is CC=C(C)CS1=CCC1. The summed E-state index contributed by atoms with van der Waals surface area (Å²) in [6.45, 7) is 4.34. The predicted octanol–water partition coefficient (Wildman–Crippen LogP) is 2.43. The van der Waals surface area contributed by atoms with Gasteiger partial charge in [0, 0.05) is 5.75 Å².